The number of anilines is 1. The third-order valence-electron chi connectivity index (χ3n) is 6.31. The second-order valence-corrected chi connectivity index (χ2v) is 8.69. The predicted octanol–water partition coefficient (Wildman–Crippen LogP) is 6.48. The van der Waals surface area contributed by atoms with Crippen LogP contribution in [0.25, 0.3) is 16.8 Å². The fourth-order valence-corrected chi connectivity index (χ4v) is 4.43. The third kappa shape index (κ3) is 5.71. The maximum Gasteiger partial charge on any atom is 0.165 e. The van der Waals surface area contributed by atoms with Gasteiger partial charge in [-0.2, -0.15) is 10.2 Å². The molecule has 3 heterocycles. The molecule has 7 heteroatoms. The van der Waals surface area contributed by atoms with Gasteiger partial charge in [-0.15, -0.1) is 0 Å². The van der Waals surface area contributed by atoms with E-state index in [1.165, 1.54) is 32.1 Å². The van der Waals surface area contributed by atoms with Crippen molar-refractivity contribution in [2.45, 2.75) is 57.5 Å². The van der Waals surface area contributed by atoms with Crippen LogP contribution in [0.4, 0.5) is 10.2 Å². The number of nitrogens with one attached hydrogen (secondary N) is 1. The van der Waals surface area contributed by atoms with Crippen LogP contribution < -0.4 is 5.32 Å². The number of allylic oxidation sites excluding steroid dienone is 6. The van der Waals surface area contributed by atoms with Crippen molar-refractivity contribution in [1.82, 2.24) is 24.4 Å². The Hall–Kier alpha value is -3.48. The van der Waals surface area contributed by atoms with Gasteiger partial charge >= 0.3 is 0 Å². The molecule has 4 rings (SSSR count). The van der Waals surface area contributed by atoms with Crippen LogP contribution in [-0.4, -0.2) is 37.1 Å². The minimum absolute atomic E-state index is 0.0702. The largest absolute Gasteiger partial charge is 0.364 e. The molecular formula is C27H33FN6. The van der Waals surface area contributed by atoms with E-state index in [1.807, 2.05) is 62.0 Å². The van der Waals surface area contributed by atoms with E-state index < -0.39 is 6.67 Å². The summed E-state index contributed by atoms with van der Waals surface area (Å²) in [7, 11) is 0. The predicted molar refractivity (Wildman–Crippen MR) is 137 cm³/mol. The monoisotopic (exact) mass is 460 g/mol. The lowest BCUT2D eigenvalue weighted by Crippen LogP contribution is -2.19. The molecule has 3 aromatic heterocycles. The normalized spacial score (nSPS) is 16.6. The molecule has 0 amide bonds. The van der Waals surface area contributed by atoms with E-state index in [0.717, 1.165) is 28.2 Å². The van der Waals surface area contributed by atoms with Crippen LogP contribution in [-0.2, 0) is 0 Å². The van der Waals surface area contributed by atoms with E-state index in [2.05, 4.69) is 33.0 Å². The topological polar surface area (TPSA) is 60.0 Å². The van der Waals surface area contributed by atoms with Gasteiger partial charge in [-0.1, -0.05) is 62.3 Å². The molecule has 34 heavy (non-hydrogen) atoms. The van der Waals surface area contributed by atoms with Crippen molar-refractivity contribution in [3.63, 3.8) is 0 Å². The Kier molecular flexibility index (Phi) is 8.07. The summed E-state index contributed by atoms with van der Waals surface area (Å²) in [5.74, 6) is 0.724. The first-order valence-corrected chi connectivity index (χ1v) is 12.1. The van der Waals surface area contributed by atoms with Gasteiger partial charge < -0.3 is 5.32 Å². The van der Waals surface area contributed by atoms with Crippen LogP contribution in [0.2, 0.25) is 0 Å². The lowest BCUT2D eigenvalue weighted by molar-refractivity contribution is 0.329. The van der Waals surface area contributed by atoms with E-state index >= 15 is 0 Å². The summed E-state index contributed by atoms with van der Waals surface area (Å²) in [6, 6.07) is 2.30. The minimum Gasteiger partial charge on any atom is -0.364 e. The van der Waals surface area contributed by atoms with Crippen LogP contribution in [0.15, 0.2) is 79.5 Å². The van der Waals surface area contributed by atoms with Gasteiger partial charge in [0.25, 0.3) is 0 Å². The number of alkyl halides is 1. The number of rotatable bonds is 10. The van der Waals surface area contributed by atoms with Crippen molar-refractivity contribution in [3.05, 3.63) is 79.5 Å². The molecule has 0 bridgehead atoms. The Bertz CT molecular complexity index is 1180. The Morgan fingerprint density at radius 2 is 2.00 bits per heavy atom. The average molecular weight is 461 g/mol. The number of aromatic nitrogens is 5. The fraction of sp³-hybridized carbons (Fsp3) is 0.370. The third-order valence-corrected chi connectivity index (χ3v) is 6.31. The number of halogens is 1. The number of nitrogens with zero attached hydrogens (tertiary/aromatic N) is 5. The molecule has 6 nitrogen and oxygen atoms in total. The highest BCUT2D eigenvalue weighted by molar-refractivity contribution is 5.76. The Balaban J connectivity index is 1.53. The highest BCUT2D eigenvalue weighted by Gasteiger charge is 2.18. The van der Waals surface area contributed by atoms with Crippen LogP contribution in [0.3, 0.4) is 0 Å². The van der Waals surface area contributed by atoms with Gasteiger partial charge in [0.2, 0.25) is 0 Å². The van der Waals surface area contributed by atoms with E-state index in [0.29, 0.717) is 12.5 Å². The minimum atomic E-state index is -0.404. The standard InChI is InChI=1S/C27H33FN6/c1-3-4-5-6-8-11-22(14-16-28)21(2)31-26-15-17-33-27(32-26)25(19-30-33)23-18-29-34(20-23)24-12-9-7-10-13-24/h3-6,8,11,15,17-21,24H,1,7,9-10,12-14,16H2,2H3,(H,31,32)/b5-4+,8-6-,22-11+. The summed E-state index contributed by atoms with van der Waals surface area (Å²) in [6.45, 7) is 5.27. The molecule has 178 valence electrons. The van der Waals surface area contributed by atoms with Crippen LogP contribution in [0, 0.1) is 0 Å². The molecule has 1 N–H and O–H groups in total. The van der Waals surface area contributed by atoms with Gasteiger partial charge in [-0.25, -0.2) is 9.50 Å². The first-order chi connectivity index (χ1) is 16.7. The van der Waals surface area contributed by atoms with Gasteiger partial charge in [-0.3, -0.25) is 9.07 Å². The van der Waals surface area contributed by atoms with Gasteiger partial charge in [0.15, 0.2) is 5.65 Å². The summed E-state index contributed by atoms with van der Waals surface area (Å²) in [6.07, 6.45) is 25.6. The van der Waals surface area contributed by atoms with Crippen LogP contribution in [0.5, 0.6) is 0 Å². The number of hydrogen-bond donors (Lipinski definition) is 1. The quantitative estimate of drug-likeness (QED) is 0.352. The summed E-state index contributed by atoms with van der Waals surface area (Å²) in [5, 5.41) is 12.5. The van der Waals surface area contributed by atoms with Crippen molar-refractivity contribution in [1.29, 1.82) is 0 Å². The number of fused-ring (bicyclic) bond motifs is 1. The van der Waals surface area contributed by atoms with Gasteiger partial charge in [0.05, 0.1) is 25.1 Å². The molecule has 1 saturated carbocycles. The summed E-state index contributed by atoms with van der Waals surface area (Å²) in [5.41, 5.74) is 3.71. The van der Waals surface area contributed by atoms with Gasteiger partial charge in [-0.05, 0) is 37.8 Å². The summed E-state index contributed by atoms with van der Waals surface area (Å²) < 4.78 is 17.0. The Labute approximate surface area is 200 Å². The Morgan fingerprint density at radius 3 is 2.79 bits per heavy atom. The van der Waals surface area contributed by atoms with Crippen molar-refractivity contribution < 1.29 is 4.39 Å². The van der Waals surface area contributed by atoms with Crippen molar-refractivity contribution in [2.75, 3.05) is 12.0 Å². The van der Waals surface area contributed by atoms with Crippen molar-refractivity contribution in [2.24, 2.45) is 0 Å². The van der Waals surface area contributed by atoms with Crippen molar-refractivity contribution >= 4 is 11.5 Å². The molecular weight excluding hydrogens is 427 g/mol. The Morgan fingerprint density at radius 1 is 1.18 bits per heavy atom. The van der Waals surface area contributed by atoms with E-state index in [4.69, 9.17) is 4.98 Å². The first kappa shape index (κ1) is 23.7. The molecule has 1 fully saturated rings. The molecule has 0 radical (unpaired) electrons. The maximum atomic E-state index is 13.2. The molecule has 1 aliphatic carbocycles. The molecule has 1 atom stereocenters. The molecule has 0 aromatic carbocycles. The SMILES string of the molecule is C=C/C=C/C=C\C=C(/CCF)C(C)Nc1ccn2ncc(-c3cnn(C4CCCCC4)c3)c2n1. The molecule has 0 spiro atoms. The lowest BCUT2D eigenvalue weighted by Gasteiger charge is -2.21. The summed E-state index contributed by atoms with van der Waals surface area (Å²) in [4.78, 5) is 4.83. The zero-order valence-electron chi connectivity index (χ0n) is 19.8. The molecule has 0 saturated heterocycles. The highest BCUT2D eigenvalue weighted by Crippen LogP contribution is 2.30. The van der Waals surface area contributed by atoms with Crippen LogP contribution in [0.1, 0.15) is 51.5 Å². The van der Waals surface area contributed by atoms with E-state index in [1.54, 1.807) is 10.6 Å². The second-order valence-electron chi connectivity index (χ2n) is 8.69. The zero-order valence-corrected chi connectivity index (χ0v) is 19.8. The second kappa shape index (κ2) is 11.6. The summed E-state index contributed by atoms with van der Waals surface area (Å²) >= 11 is 0. The zero-order chi connectivity index (χ0) is 23.8. The fourth-order valence-electron chi connectivity index (χ4n) is 4.43. The van der Waals surface area contributed by atoms with Crippen LogP contribution >= 0.6 is 0 Å². The lowest BCUT2D eigenvalue weighted by atomic mass is 9.96. The molecule has 3 aromatic rings. The van der Waals surface area contributed by atoms with Gasteiger partial charge in [0.1, 0.15) is 5.82 Å². The maximum absolute atomic E-state index is 13.2. The molecule has 1 aliphatic rings. The smallest absolute Gasteiger partial charge is 0.165 e. The van der Waals surface area contributed by atoms with E-state index in [9.17, 15) is 4.39 Å². The van der Waals surface area contributed by atoms with E-state index in [-0.39, 0.29) is 6.04 Å². The average Bonchev–Trinajstić information content (AvgIpc) is 3.51. The molecule has 0 aliphatic heterocycles. The molecule has 1 unspecified atom stereocenters. The first-order valence-electron chi connectivity index (χ1n) is 12.1. The van der Waals surface area contributed by atoms with Crippen molar-refractivity contribution in [3.8, 4) is 11.1 Å². The highest BCUT2D eigenvalue weighted by atomic mass is 19.1. The van der Waals surface area contributed by atoms with Gasteiger partial charge in [0, 0.05) is 29.6 Å². The number of hydrogen-bond acceptors (Lipinski definition) is 4.